The predicted octanol–water partition coefficient (Wildman–Crippen LogP) is 2.93. The minimum absolute atomic E-state index is 0.143. The number of carbonyl (C=O) groups is 1. The first kappa shape index (κ1) is 20.2. The number of nitrogens with zero attached hydrogens (tertiary/aromatic N) is 5. The van der Waals surface area contributed by atoms with Gasteiger partial charge in [0.2, 0.25) is 5.82 Å². The number of carbonyl (C=O) groups excluding carboxylic acids is 1. The highest BCUT2D eigenvalue weighted by Gasteiger charge is 2.24. The van der Waals surface area contributed by atoms with Crippen molar-refractivity contribution < 1.29 is 14.5 Å². The van der Waals surface area contributed by atoms with Gasteiger partial charge in [-0.25, -0.2) is 14.8 Å². The van der Waals surface area contributed by atoms with Crippen LogP contribution in [0, 0.1) is 10.1 Å². The molecule has 0 radical (unpaired) electrons. The van der Waals surface area contributed by atoms with E-state index in [1.807, 2.05) is 4.90 Å². The number of nitro groups is 1. The molecule has 3 heterocycles. The largest absolute Gasteiger partial charge is 0.378 e. The van der Waals surface area contributed by atoms with Gasteiger partial charge in [-0.15, -0.1) is 0 Å². The maximum atomic E-state index is 12.1. The number of hydrogen-bond acceptors (Lipinski definition) is 8. The Labute approximate surface area is 177 Å². The molecule has 11 nitrogen and oxygen atoms in total. The molecule has 1 fully saturated rings. The second kappa shape index (κ2) is 9.13. The van der Waals surface area contributed by atoms with Crippen LogP contribution in [0.3, 0.4) is 0 Å². The van der Waals surface area contributed by atoms with Gasteiger partial charge in [0.25, 0.3) is 0 Å². The number of urea groups is 1. The van der Waals surface area contributed by atoms with Gasteiger partial charge in [0.15, 0.2) is 5.82 Å². The molecule has 158 valence electrons. The predicted molar refractivity (Wildman–Crippen MR) is 114 cm³/mol. The monoisotopic (exact) mass is 421 g/mol. The molecule has 2 N–H and O–H groups in total. The molecule has 0 aliphatic carbocycles. The van der Waals surface area contributed by atoms with Crippen LogP contribution in [0.5, 0.6) is 0 Å². The summed E-state index contributed by atoms with van der Waals surface area (Å²) < 4.78 is 5.32. The van der Waals surface area contributed by atoms with Gasteiger partial charge in [0, 0.05) is 30.5 Å². The lowest BCUT2D eigenvalue weighted by Crippen LogP contribution is -2.37. The summed E-state index contributed by atoms with van der Waals surface area (Å²) in [5, 5.41) is 16.8. The Morgan fingerprint density at radius 3 is 2.48 bits per heavy atom. The summed E-state index contributed by atoms with van der Waals surface area (Å²) >= 11 is 0. The minimum atomic E-state index is -0.484. The van der Waals surface area contributed by atoms with Gasteiger partial charge in [-0.1, -0.05) is 0 Å². The van der Waals surface area contributed by atoms with Crippen molar-refractivity contribution in [3.63, 3.8) is 0 Å². The third-order valence-corrected chi connectivity index (χ3v) is 4.58. The van der Waals surface area contributed by atoms with Crippen LogP contribution in [0.25, 0.3) is 11.4 Å². The molecule has 1 aliphatic rings. The van der Waals surface area contributed by atoms with Crippen molar-refractivity contribution in [3.05, 3.63) is 65.1 Å². The number of hydrogen-bond donors (Lipinski definition) is 2. The highest BCUT2D eigenvalue weighted by atomic mass is 16.6. The summed E-state index contributed by atoms with van der Waals surface area (Å²) in [7, 11) is 0. The van der Waals surface area contributed by atoms with E-state index in [-0.39, 0.29) is 11.5 Å². The number of nitrogens with one attached hydrogen (secondary N) is 2. The van der Waals surface area contributed by atoms with E-state index in [1.54, 1.807) is 48.8 Å². The average Bonchev–Trinajstić information content (AvgIpc) is 2.80. The van der Waals surface area contributed by atoms with E-state index in [0.717, 1.165) is 0 Å². The summed E-state index contributed by atoms with van der Waals surface area (Å²) in [6.07, 6.45) is 4.38. The summed E-state index contributed by atoms with van der Waals surface area (Å²) in [6.45, 7) is 2.01. The Kier molecular flexibility index (Phi) is 5.94. The van der Waals surface area contributed by atoms with E-state index in [2.05, 4.69) is 25.6 Å². The zero-order valence-corrected chi connectivity index (χ0v) is 16.4. The van der Waals surface area contributed by atoms with Gasteiger partial charge in [-0.3, -0.25) is 15.1 Å². The summed E-state index contributed by atoms with van der Waals surface area (Å²) in [6, 6.07) is 9.94. The molecule has 3 aromatic rings. The summed E-state index contributed by atoms with van der Waals surface area (Å²) in [4.78, 5) is 37.4. The quantitative estimate of drug-likeness (QED) is 0.474. The second-order valence-corrected chi connectivity index (χ2v) is 6.66. The fourth-order valence-corrected chi connectivity index (χ4v) is 3.07. The lowest BCUT2D eigenvalue weighted by atomic mass is 10.2. The minimum Gasteiger partial charge on any atom is -0.378 e. The molecule has 2 aromatic heterocycles. The number of amides is 2. The van der Waals surface area contributed by atoms with E-state index in [1.165, 1.54) is 6.20 Å². The van der Waals surface area contributed by atoms with Crippen LogP contribution in [-0.4, -0.2) is 52.2 Å². The van der Waals surface area contributed by atoms with Crippen LogP contribution >= 0.6 is 0 Å². The Balaban J connectivity index is 1.50. The fourth-order valence-electron chi connectivity index (χ4n) is 3.07. The van der Waals surface area contributed by atoms with Crippen molar-refractivity contribution in [1.82, 2.24) is 15.0 Å². The lowest BCUT2D eigenvalue weighted by molar-refractivity contribution is -0.384. The molecular formula is C20H19N7O4. The van der Waals surface area contributed by atoms with Gasteiger partial charge in [-0.2, -0.15) is 0 Å². The number of aromatic nitrogens is 3. The van der Waals surface area contributed by atoms with E-state index in [9.17, 15) is 14.9 Å². The smallest absolute Gasteiger partial charge is 0.329 e. The first-order chi connectivity index (χ1) is 15.1. The first-order valence-corrected chi connectivity index (χ1v) is 9.53. The van der Waals surface area contributed by atoms with Crippen molar-refractivity contribution in [2.45, 2.75) is 0 Å². The highest BCUT2D eigenvalue weighted by molar-refractivity contribution is 5.99. The molecule has 0 bridgehead atoms. The molecular weight excluding hydrogens is 402 g/mol. The number of pyridine rings is 1. The van der Waals surface area contributed by atoms with Crippen molar-refractivity contribution in [2.24, 2.45) is 0 Å². The molecule has 1 aromatic carbocycles. The van der Waals surface area contributed by atoms with Crippen LogP contribution in [0.1, 0.15) is 0 Å². The fraction of sp³-hybridized carbons (Fsp3) is 0.200. The molecule has 0 unspecified atom stereocenters. The van der Waals surface area contributed by atoms with Crippen LogP contribution in [0.15, 0.2) is 55.0 Å². The van der Waals surface area contributed by atoms with Crippen LogP contribution in [-0.2, 0) is 4.74 Å². The molecule has 0 saturated carbocycles. The summed E-state index contributed by atoms with van der Waals surface area (Å²) in [5.74, 6) is 0.634. The van der Waals surface area contributed by atoms with E-state index in [4.69, 9.17) is 4.74 Å². The SMILES string of the molecule is O=C(Nc1ccc(-c2ncc([N+](=O)[O-])c(N3CCOCC3)n2)cc1)Nc1cccnc1. The zero-order chi connectivity index (χ0) is 21.6. The highest BCUT2D eigenvalue weighted by Crippen LogP contribution is 2.29. The first-order valence-electron chi connectivity index (χ1n) is 9.53. The normalized spacial score (nSPS) is 13.5. The van der Waals surface area contributed by atoms with Crippen molar-refractivity contribution in [2.75, 3.05) is 41.8 Å². The van der Waals surface area contributed by atoms with Gasteiger partial charge in [0.1, 0.15) is 6.20 Å². The molecule has 1 aliphatic heterocycles. The standard InChI is InChI=1S/C20H19N7O4/c28-20(24-16-2-1-7-21-12-16)23-15-5-3-14(4-6-15)18-22-13-17(27(29)30)19(25-18)26-8-10-31-11-9-26/h1-7,12-13H,8-11H2,(H2,23,24,28). The Hall–Kier alpha value is -4.12. The molecule has 2 amide bonds. The van der Waals surface area contributed by atoms with Crippen LogP contribution in [0.4, 0.5) is 27.7 Å². The van der Waals surface area contributed by atoms with Crippen molar-refractivity contribution in [3.8, 4) is 11.4 Å². The average molecular weight is 421 g/mol. The van der Waals surface area contributed by atoms with E-state index in [0.29, 0.717) is 49.1 Å². The third-order valence-electron chi connectivity index (χ3n) is 4.58. The van der Waals surface area contributed by atoms with Gasteiger partial charge in [0.05, 0.1) is 30.0 Å². The molecule has 31 heavy (non-hydrogen) atoms. The Morgan fingerprint density at radius 1 is 1.06 bits per heavy atom. The number of morpholine rings is 1. The Bertz CT molecular complexity index is 1070. The van der Waals surface area contributed by atoms with Gasteiger partial charge >= 0.3 is 11.7 Å². The van der Waals surface area contributed by atoms with Crippen LogP contribution < -0.4 is 15.5 Å². The molecule has 1 saturated heterocycles. The molecule has 0 atom stereocenters. The molecule has 0 spiro atoms. The summed E-state index contributed by atoms with van der Waals surface area (Å²) in [5.41, 5.74) is 1.67. The van der Waals surface area contributed by atoms with E-state index < -0.39 is 11.0 Å². The molecule has 11 heteroatoms. The number of anilines is 3. The van der Waals surface area contributed by atoms with Crippen molar-refractivity contribution in [1.29, 1.82) is 0 Å². The van der Waals surface area contributed by atoms with E-state index >= 15 is 0 Å². The number of benzene rings is 1. The third kappa shape index (κ3) is 4.90. The number of ether oxygens (including phenoxy) is 1. The molecule has 4 rings (SSSR count). The van der Waals surface area contributed by atoms with Gasteiger partial charge < -0.3 is 20.3 Å². The topological polar surface area (TPSA) is 135 Å². The second-order valence-electron chi connectivity index (χ2n) is 6.66. The Morgan fingerprint density at radius 2 is 1.81 bits per heavy atom. The van der Waals surface area contributed by atoms with Crippen LogP contribution in [0.2, 0.25) is 0 Å². The van der Waals surface area contributed by atoms with Crippen molar-refractivity contribution >= 4 is 28.9 Å². The zero-order valence-electron chi connectivity index (χ0n) is 16.4. The van der Waals surface area contributed by atoms with Gasteiger partial charge in [-0.05, 0) is 36.4 Å². The maximum absolute atomic E-state index is 12.1. The number of rotatable bonds is 5. The maximum Gasteiger partial charge on any atom is 0.329 e. The lowest BCUT2D eigenvalue weighted by Gasteiger charge is -2.27.